The maximum Gasteiger partial charge on any atom is 0.0803 e. The van der Waals surface area contributed by atoms with Crippen LogP contribution in [0.25, 0.3) is 20.7 Å². The summed E-state index contributed by atoms with van der Waals surface area (Å²) in [7, 11) is 2.30. The normalized spacial score (nSPS) is 24.0. The van der Waals surface area contributed by atoms with E-state index >= 15 is 0 Å². The van der Waals surface area contributed by atoms with E-state index < -0.39 is 0 Å². The van der Waals surface area contributed by atoms with E-state index in [-0.39, 0.29) is 0 Å². The summed E-state index contributed by atoms with van der Waals surface area (Å²) in [5, 5.41) is 1.31. The first-order valence-corrected chi connectivity index (χ1v) is 10.0. The molecule has 2 atom stereocenters. The van der Waals surface area contributed by atoms with E-state index in [0.717, 1.165) is 24.8 Å². The van der Waals surface area contributed by atoms with E-state index in [1.54, 1.807) is 0 Å². The van der Waals surface area contributed by atoms with Crippen molar-refractivity contribution < 1.29 is 0 Å². The number of aromatic nitrogens is 1. The maximum atomic E-state index is 4.79. The molecule has 0 spiro atoms. The lowest BCUT2D eigenvalue weighted by Crippen LogP contribution is -2.36. The highest BCUT2D eigenvalue weighted by Gasteiger charge is 2.34. The second kappa shape index (κ2) is 6.11. The third-order valence-corrected chi connectivity index (χ3v) is 7.08. The number of likely N-dealkylation sites (N-methyl/N-ethyl adjacent to an activating group) is 1. The van der Waals surface area contributed by atoms with Crippen molar-refractivity contribution in [2.24, 2.45) is 0 Å². The van der Waals surface area contributed by atoms with Crippen molar-refractivity contribution in [3.63, 3.8) is 0 Å². The van der Waals surface area contributed by atoms with Crippen LogP contribution in [0.4, 0.5) is 5.69 Å². The molecule has 2 fully saturated rings. The van der Waals surface area contributed by atoms with E-state index in [9.17, 15) is 0 Å². The lowest BCUT2D eigenvalue weighted by Gasteiger charge is -2.27. The van der Waals surface area contributed by atoms with Crippen LogP contribution in [0, 0.1) is 0 Å². The van der Waals surface area contributed by atoms with E-state index in [1.807, 2.05) is 11.3 Å². The number of rotatable bonds is 2. The standard InChI is InChI=1S/C21H23N3S/c1-23-16-6-7-18(23)14-24(11-10-16)17-8-9-19(22-13-17)21-12-15-4-2-3-5-20(15)25-21/h2-5,8-9,12-13,16,18H,6-7,10-11,14H2,1H3. The predicted octanol–water partition coefficient (Wildman–Crippen LogP) is 4.64. The topological polar surface area (TPSA) is 19.4 Å². The maximum absolute atomic E-state index is 4.79. The lowest BCUT2D eigenvalue weighted by molar-refractivity contribution is 0.254. The van der Waals surface area contributed by atoms with Crippen LogP contribution in [-0.2, 0) is 0 Å². The number of anilines is 1. The Labute approximate surface area is 152 Å². The molecule has 0 amide bonds. The summed E-state index contributed by atoms with van der Waals surface area (Å²) < 4.78 is 1.33. The van der Waals surface area contributed by atoms with E-state index in [4.69, 9.17) is 4.98 Å². The van der Waals surface area contributed by atoms with Gasteiger partial charge in [0.15, 0.2) is 0 Å². The second-order valence-corrected chi connectivity index (χ2v) is 8.42. The number of benzene rings is 1. The van der Waals surface area contributed by atoms with E-state index in [1.165, 1.54) is 39.9 Å². The van der Waals surface area contributed by atoms with Gasteiger partial charge in [0, 0.05) is 29.9 Å². The molecule has 5 rings (SSSR count). The van der Waals surface area contributed by atoms with Crippen molar-refractivity contribution in [3.8, 4) is 10.6 Å². The van der Waals surface area contributed by atoms with Crippen molar-refractivity contribution in [3.05, 3.63) is 48.7 Å². The van der Waals surface area contributed by atoms with Gasteiger partial charge < -0.3 is 4.90 Å². The van der Waals surface area contributed by atoms with Gasteiger partial charge in [-0.3, -0.25) is 9.88 Å². The van der Waals surface area contributed by atoms with Gasteiger partial charge in [-0.1, -0.05) is 18.2 Å². The fourth-order valence-electron chi connectivity index (χ4n) is 4.37. The van der Waals surface area contributed by atoms with Crippen molar-refractivity contribution >= 4 is 27.1 Å². The Morgan fingerprint density at radius 1 is 1.04 bits per heavy atom. The summed E-state index contributed by atoms with van der Waals surface area (Å²) in [6, 6.07) is 16.7. The summed E-state index contributed by atoms with van der Waals surface area (Å²) >= 11 is 1.82. The van der Waals surface area contributed by atoms with Crippen molar-refractivity contribution in [1.82, 2.24) is 9.88 Å². The highest BCUT2D eigenvalue weighted by atomic mass is 32.1. The third kappa shape index (κ3) is 2.74. The van der Waals surface area contributed by atoms with Crippen LogP contribution in [-0.4, -0.2) is 42.1 Å². The third-order valence-electron chi connectivity index (χ3n) is 5.94. The zero-order valence-corrected chi connectivity index (χ0v) is 15.4. The first kappa shape index (κ1) is 15.4. The Balaban J connectivity index is 1.39. The minimum absolute atomic E-state index is 0.703. The van der Waals surface area contributed by atoms with E-state index in [0.29, 0.717) is 6.04 Å². The molecule has 4 heterocycles. The second-order valence-electron chi connectivity index (χ2n) is 7.34. The number of hydrogen-bond donors (Lipinski definition) is 0. The molecule has 2 aliphatic rings. The van der Waals surface area contributed by atoms with Crippen molar-refractivity contribution in [2.75, 3.05) is 25.0 Å². The van der Waals surface area contributed by atoms with E-state index in [2.05, 4.69) is 65.5 Å². The highest BCUT2D eigenvalue weighted by Crippen LogP contribution is 2.34. The first-order valence-electron chi connectivity index (χ1n) is 9.20. The van der Waals surface area contributed by atoms with Gasteiger partial charge in [-0.2, -0.15) is 0 Å². The zero-order valence-electron chi connectivity index (χ0n) is 14.6. The monoisotopic (exact) mass is 349 g/mol. The quantitative estimate of drug-likeness (QED) is 0.672. The van der Waals surface area contributed by atoms with Gasteiger partial charge >= 0.3 is 0 Å². The van der Waals surface area contributed by atoms with Crippen LogP contribution in [0.5, 0.6) is 0 Å². The Kier molecular flexibility index (Phi) is 3.75. The molecule has 0 saturated carbocycles. The molecule has 2 saturated heterocycles. The zero-order chi connectivity index (χ0) is 16.8. The molecule has 0 N–H and O–H groups in total. The van der Waals surface area contributed by atoms with Crippen LogP contribution in [0.1, 0.15) is 19.3 Å². The predicted molar refractivity (Wildman–Crippen MR) is 106 cm³/mol. The highest BCUT2D eigenvalue weighted by molar-refractivity contribution is 7.22. The molecule has 2 unspecified atom stereocenters. The molecule has 0 radical (unpaired) electrons. The minimum Gasteiger partial charge on any atom is -0.369 e. The molecule has 128 valence electrons. The number of hydrogen-bond acceptors (Lipinski definition) is 4. The first-order chi connectivity index (χ1) is 12.3. The average molecular weight is 350 g/mol. The van der Waals surface area contributed by atoms with Crippen molar-refractivity contribution in [2.45, 2.75) is 31.3 Å². The number of fused-ring (bicyclic) bond motifs is 3. The van der Waals surface area contributed by atoms with Gasteiger partial charge in [-0.15, -0.1) is 11.3 Å². The Hall–Kier alpha value is -1.91. The SMILES string of the molecule is CN1C2CCC1CN(c1ccc(-c3cc4ccccc4s3)nc1)CC2. The van der Waals surface area contributed by atoms with Crippen LogP contribution < -0.4 is 4.90 Å². The fraction of sp³-hybridized carbons (Fsp3) is 0.381. The molecule has 0 aliphatic carbocycles. The molecule has 4 heteroatoms. The van der Waals surface area contributed by atoms with Gasteiger partial charge in [0.1, 0.15) is 0 Å². The smallest absolute Gasteiger partial charge is 0.0803 e. The van der Waals surface area contributed by atoms with Crippen LogP contribution in [0.2, 0.25) is 0 Å². The number of nitrogens with zero attached hydrogens (tertiary/aromatic N) is 3. The largest absolute Gasteiger partial charge is 0.369 e. The number of thiophene rings is 1. The Morgan fingerprint density at radius 2 is 1.92 bits per heavy atom. The van der Waals surface area contributed by atoms with Crippen LogP contribution in [0.15, 0.2) is 48.7 Å². The van der Waals surface area contributed by atoms with Gasteiger partial charge in [-0.05, 0) is 56.0 Å². The van der Waals surface area contributed by atoms with Crippen molar-refractivity contribution in [1.29, 1.82) is 0 Å². The Morgan fingerprint density at radius 3 is 2.76 bits per heavy atom. The summed E-state index contributed by atoms with van der Waals surface area (Å²) in [5.41, 5.74) is 2.35. The molecule has 2 aromatic heterocycles. The Bertz CT molecular complexity index is 853. The molecule has 3 nitrogen and oxygen atoms in total. The molecule has 2 aliphatic heterocycles. The molecular weight excluding hydrogens is 326 g/mol. The van der Waals surface area contributed by atoms with Crippen LogP contribution in [0.3, 0.4) is 0 Å². The summed E-state index contributed by atoms with van der Waals surface area (Å²) in [6.45, 7) is 2.28. The number of pyridine rings is 1. The minimum atomic E-state index is 0.703. The molecule has 1 aromatic carbocycles. The van der Waals surface area contributed by atoms with Gasteiger partial charge in [0.2, 0.25) is 0 Å². The summed E-state index contributed by atoms with van der Waals surface area (Å²) in [6.07, 6.45) is 6.05. The van der Waals surface area contributed by atoms with Gasteiger partial charge in [0.05, 0.1) is 22.5 Å². The lowest BCUT2D eigenvalue weighted by atomic mass is 10.1. The fourth-order valence-corrected chi connectivity index (χ4v) is 5.41. The molecule has 2 bridgehead atoms. The van der Waals surface area contributed by atoms with Gasteiger partial charge in [0.25, 0.3) is 0 Å². The molecular formula is C21H23N3S. The molecule has 25 heavy (non-hydrogen) atoms. The summed E-state index contributed by atoms with van der Waals surface area (Å²) in [5.74, 6) is 0. The average Bonchev–Trinajstić information content (AvgIpc) is 3.16. The molecule has 3 aromatic rings. The van der Waals surface area contributed by atoms with Gasteiger partial charge in [-0.25, -0.2) is 0 Å². The van der Waals surface area contributed by atoms with Crippen LogP contribution >= 0.6 is 11.3 Å². The summed E-state index contributed by atoms with van der Waals surface area (Å²) in [4.78, 5) is 11.2.